The molecule has 0 aliphatic heterocycles. The first kappa shape index (κ1) is 9.79. The van der Waals surface area contributed by atoms with Crippen LogP contribution in [0, 0.1) is 11.8 Å². The Labute approximate surface area is 95.5 Å². The first-order chi connectivity index (χ1) is 7.77. The van der Waals surface area contributed by atoms with E-state index in [0.717, 1.165) is 5.92 Å². The molecule has 0 spiro atoms. The van der Waals surface area contributed by atoms with E-state index >= 15 is 0 Å². The van der Waals surface area contributed by atoms with Gasteiger partial charge >= 0.3 is 0 Å². The molecule has 1 saturated carbocycles. The summed E-state index contributed by atoms with van der Waals surface area (Å²) in [6.45, 7) is 2.28. The molecular formula is C14H16N2. The molecule has 1 aliphatic rings. The highest BCUT2D eigenvalue weighted by Gasteiger charge is 2.38. The lowest BCUT2D eigenvalue weighted by Crippen LogP contribution is -2.13. The maximum absolute atomic E-state index is 6.34. The summed E-state index contributed by atoms with van der Waals surface area (Å²) in [4.78, 5) is 4.15. The Bertz CT molecular complexity index is 516. The van der Waals surface area contributed by atoms with E-state index in [1.54, 1.807) is 0 Å². The van der Waals surface area contributed by atoms with Crippen LogP contribution in [0.5, 0.6) is 0 Å². The Balaban J connectivity index is 2.09. The van der Waals surface area contributed by atoms with Crippen LogP contribution >= 0.6 is 0 Å². The van der Waals surface area contributed by atoms with Crippen molar-refractivity contribution >= 4 is 10.8 Å². The van der Waals surface area contributed by atoms with Crippen LogP contribution in [0.25, 0.3) is 10.8 Å². The predicted octanol–water partition coefficient (Wildman–Crippen LogP) is 2.89. The number of hydrogen-bond acceptors (Lipinski definition) is 2. The van der Waals surface area contributed by atoms with Gasteiger partial charge in [-0.05, 0) is 35.3 Å². The third-order valence-electron chi connectivity index (χ3n) is 3.71. The molecule has 2 N–H and O–H groups in total. The number of nitrogens with zero attached hydrogens (tertiary/aromatic N) is 1. The van der Waals surface area contributed by atoms with Gasteiger partial charge in [0.1, 0.15) is 0 Å². The third kappa shape index (κ3) is 1.50. The zero-order chi connectivity index (χ0) is 11.1. The Morgan fingerprint density at radius 2 is 2.19 bits per heavy atom. The molecule has 0 bridgehead atoms. The molecule has 0 saturated heterocycles. The lowest BCUT2D eigenvalue weighted by molar-refractivity contribution is 0.597. The molecule has 0 radical (unpaired) electrons. The van der Waals surface area contributed by atoms with E-state index in [4.69, 9.17) is 5.73 Å². The standard InChI is InChI=1S/C14H16N2/c1-9-7-13(9)14(15)12-4-2-3-10-8-16-6-5-11(10)12/h2-6,8-9,13-14H,7,15H2,1H3. The van der Waals surface area contributed by atoms with Crippen molar-refractivity contribution in [3.63, 3.8) is 0 Å². The fourth-order valence-corrected chi connectivity index (χ4v) is 2.52. The van der Waals surface area contributed by atoms with Gasteiger partial charge in [-0.2, -0.15) is 0 Å². The summed E-state index contributed by atoms with van der Waals surface area (Å²) in [6.07, 6.45) is 5.01. The number of fused-ring (bicyclic) bond motifs is 1. The van der Waals surface area contributed by atoms with Gasteiger partial charge in [0.15, 0.2) is 0 Å². The number of aromatic nitrogens is 1. The van der Waals surface area contributed by atoms with E-state index in [-0.39, 0.29) is 6.04 Å². The summed E-state index contributed by atoms with van der Waals surface area (Å²) >= 11 is 0. The molecule has 3 atom stereocenters. The SMILES string of the molecule is CC1CC1C(N)c1cccc2cnccc12. The number of benzene rings is 1. The lowest BCUT2D eigenvalue weighted by Gasteiger charge is -2.14. The number of pyridine rings is 1. The predicted molar refractivity (Wildman–Crippen MR) is 65.9 cm³/mol. The van der Waals surface area contributed by atoms with Gasteiger partial charge in [-0.1, -0.05) is 25.1 Å². The smallest absolute Gasteiger partial charge is 0.0346 e. The fraction of sp³-hybridized carbons (Fsp3) is 0.357. The summed E-state index contributed by atoms with van der Waals surface area (Å²) < 4.78 is 0. The molecular weight excluding hydrogens is 196 g/mol. The van der Waals surface area contributed by atoms with Crippen molar-refractivity contribution in [2.24, 2.45) is 17.6 Å². The molecule has 1 heterocycles. The molecule has 2 nitrogen and oxygen atoms in total. The van der Waals surface area contributed by atoms with Gasteiger partial charge in [-0.3, -0.25) is 4.98 Å². The van der Waals surface area contributed by atoms with E-state index < -0.39 is 0 Å². The van der Waals surface area contributed by atoms with Crippen LogP contribution in [0.2, 0.25) is 0 Å². The van der Waals surface area contributed by atoms with E-state index in [0.29, 0.717) is 5.92 Å². The minimum absolute atomic E-state index is 0.182. The first-order valence-electron chi connectivity index (χ1n) is 5.85. The van der Waals surface area contributed by atoms with Gasteiger partial charge in [0, 0.05) is 23.8 Å². The van der Waals surface area contributed by atoms with Crippen LogP contribution in [-0.4, -0.2) is 4.98 Å². The highest BCUT2D eigenvalue weighted by atomic mass is 14.7. The molecule has 0 amide bonds. The molecule has 1 fully saturated rings. The summed E-state index contributed by atoms with van der Waals surface area (Å²) in [5.41, 5.74) is 7.61. The quantitative estimate of drug-likeness (QED) is 0.831. The lowest BCUT2D eigenvalue weighted by atomic mass is 9.97. The number of rotatable bonds is 2. The minimum Gasteiger partial charge on any atom is -0.324 e. The Morgan fingerprint density at radius 3 is 2.94 bits per heavy atom. The van der Waals surface area contributed by atoms with Gasteiger partial charge in [-0.25, -0.2) is 0 Å². The van der Waals surface area contributed by atoms with Crippen LogP contribution < -0.4 is 5.73 Å². The highest BCUT2D eigenvalue weighted by molar-refractivity contribution is 5.85. The van der Waals surface area contributed by atoms with E-state index in [1.807, 2.05) is 12.4 Å². The second-order valence-corrected chi connectivity index (χ2v) is 4.85. The Kier molecular flexibility index (Phi) is 2.18. The van der Waals surface area contributed by atoms with Crippen molar-refractivity contribution in [3.05, 3.63) is 42.2 Å². The third-order valence-corrected chi connectivity index (χ3v) is 3.71. The van der Waals surface area contributed by atoms with Gasteiger partial charge in [0.25, 0.3) is 0 Å². The molecule has 16 heavy (non-hydrogen) atoms. The zero-order valence-corrected chi connectivity index (χ0v) is 9.43. The fourth-order valence-electron chi connectivity index (χ4n) is 2.52. The molecule has 1 aromatic carbocycles. The molecule has 2 heteroatoms. The average Bonchev–Trinajstić information content (AvgIpc) is 3.05. The van der Waals surface area contributed by atoms with E-state index in [9.17, 15) is 0 Å². The van der Waals surface area contributed by atoms with Gasteiger partial charge in [0.05, 0.1) is 0 Å². The van der Waals surface area contributed by atoms with Crippen LogP contribution in [0.4, 0.5) is 0 Å². The molecule has 1 aliphatic carbocycles. The van der Waals surface area contributed by atoms with Crippen molar-refractivity contribution in [1.29, 1.82) is 0 Å². The van der Waals surface area contributed by atoms with Crippen LogP contribution in [0.1, 0.15) is 24.9 Å². The number of hydrogen-bond donors (Lipinski definition) is 1. The maximum atomic E-state index is 6.34. The van der Waals surface area contributed by atoms with Crippen LogP contribution in [0.3, 0.4) is 0 Å². The van der Waals surface area contributed by atoms with Crippen molar-refractivity contribution < 1.29 is 0 Å². The minimum atomic E-state index is 0.182. The normalized spacial score (nSPS) is 25.6. The average molecular weight is 212 g/mol. The van der Waals surface area contributed by atoms with Gasteiger partial charge in [-0.15, -0.1) is 0 Å². The summed E-state index contributed by atoms with van der Waals surface area (Å²) in [7, 11) is 0. The summed E-state index contributed by atoms with van der Waals surface area (Å²) in [6, 6.07) is 8.57. The van der Waals surface area contributed by atoms with Gasteiger partial charge in [0.2, 0.25) is 0 Å². The largest absolute Gasteiger partial charge is 0.324 e. The van der Waals surface area contributed by atoms with Crippen LogP contribution in [-0.2, 0) is 0 Å². The molecule has 2 aromatic rings. The van der Waals surface area contributed by atoms with Gasteiger partial charge < -0.3 is 5.73 Å². The Morgan fingerprint density at radius 1 is 1.38 bits per heavy atom. The molecule has 3 unspecified atom stereocenters. The van der Waals surface area contributed by atoms with Crippen molar-refractivity contribution in [1.82, 2.24) is 4.98 Å². The topological polar surface area (TPSA) is 38.9 Å². The maximum Gasteiger partial charge on any atom is 0.0346 e. The Hall–Kier alpha value is -1.41. The van der Waals surface area contributed by atoms with E-state index in [2.05, 4.69) is 36.2 Å². The highest BCUT2D eigenvalue weighted by Crippen LogP contribution is 2.46. The molecule has 1 aromatic heterocycles. The second-order valence-electron chi connectivity index (χ2n) is 4.85. The summed E-state index contributed by atoms with van der Waals surface area (Å²) in [5, 5.41) is 2.44. The molecule has 3 rings (SSSR count). The zero-order valence-electron chi connectivity index (χ0n) is 9.43. The van der Waals surface area contributed by atoms with Crippen molar-refractivity contribution in [2.45, 2.75) is 19.4 Å². The monoisotopic (exact) mass is 212 g/mol. The van der Waals surface area contributed by atoms with E-state index in [1.165, 1.54) is 22.8 Å². The van der Waals surface area contributed by atoms with Crippen molar-refractivity contribution in [2.75, 3.05) is 0 Å². The van der Waals surface area contributed by atoms with Crippen LogP contribution in [0.15, 0.2) is 36.7 Å². The summed E-state index contributed by atoms with van der Waals surface area (Å²) in [5.74, 6) is 1.45. The molecule has 82 valence electrons. The van der Waals surface area contributed by atoms with Crippen molar-refractivity contribution in [3.8, 4) is 0 Å². The first-order valence-corrected chi connectivity index (χ1v) is 5.85. The second kappa shape index (κ2) is 3.56. The number of nitrogens with two attached hydrogens (primary N) is 1.